The zero-order valence-electron chi connectivity index (χ0n) is 16.9. The second-order valence-corrected chi connectivity index (χ2v) is 9.73. The number of nitrogens with one attached hydrogen (secondary N) is 2. The van der Waals surface area contributed by atoms with Crippen LogP contribution in [0, 0.1) is 5.41 Å². The second-order valence-electron chi connectivity index (χ2n) is 7.72. The van der Waals surface area contributed by atoms with Gasteiger partial charge < -0.3 is 15.4 Å². The molecular formula is C20H32N4O3S. The lowest BCUT2D eigenvalue weighted by Gasteiger charge is -2.42. The minimum Gasteiger partial charge on any atom is -0.385 e. The summed E-state index contributed by atoms with van der Waals surface area (Å²) in [6, 6.07) is 7.71. The molecule has 2 aliphatic rings. The van der Waals surface area contributed by atoms with E-state index >= 15 is 0 Å². The Morgan fingerprint density at radius 1 is 1.29 bits per heavy atom. The molecule has 0 unspecified atom stereocenters. The third-order valence-electron chi connectivity index (χ3n) is 5.94. The summed E-state index contributed by atoms with van der Waals surface area (Å²) in [6.07, 6.45) is 5.46. The van der Waals surface area contributed by atoms with Crippen molar-refractivity contribution < 1.29 is 13.2 Å². The topological polar surface area (TPSA) is 83.0 Å². The predicted molar refractivity (Wildman–Crippen MR) is 113 cm³/mol. The summed E-state index contributed by atoms with van der Waals surface area (Å²) in [5.41, 5.74) is 2.19. The van der Waals surface area contributed by atoms with Gasteiger partial charge in [-0.05, 0) is 42.7 Å². The number of benzene rings is 1. The molecule has 156 valence electrons. The summed E-state index contributed by atoms with van der Waals surface area (Å²) in [5, 5.41) is 6.52. The highest BCUT2D eigenvalue weighted by Crippen LogP contribution is 2.43. The van der Waals surface area contributed by atoms with E-state index in [4.69, 9.17) is 4.74 Å². The number of anilines is 1. The van der Waals surface area contributed by atoms with Gasteiger partial charge in [-0.15, -0.1) is 0 Å². The molecule has 0 spiro atoms. The van der Waals surface area contributed by atoms with Gasteiger partial charge in [0, 0.05) is 40.4 Å². The minimum absolute atomic E-state index is 0.0385. The molecule has 8 heteroatoms. The van der Waals surface area contributed by atoms with Crippen LogP contribution in [-0.2, 0) is 21.2 Å². The predicted octanol–water partition coefficient (Wildman–Crippen LogP) is 1.75. The molecule has 1 heterocycles. The van der Waals surface area contributed by atoms with Crippen LogP contribution in [0.4, 0.5) is 5.69 Å². The fourth-order valence-electron chi connectivity index (χ4n) is 4.01. The molecular weight excluding hydrogens is 376 g/mol. The number of para-hydroxylation sites is 1. The first-order chi connectivity index (χ1) is 13.5. The van der Waals surface area contributed by atoms with Gasteiger partial charge in [-0.1, -0.05) is 24.6 Å². The van der Waals surface area contributed by atoms with Gasteiger partial charge >= 0.3 is 0 Å². The average molecular weight is 409 g/mol. The number of fused-ring (bicyclic) bond motifs is 1. The van der Waals surface area contributed by atoms with E-state index < -0.39 is 10.0 Å². The highest BCUT2D eigenvalue weighted by Gasteiger charge is 2.36. The Morgan fingerprint density at radius 3 is 2.75 bits per heavy atom. The van der Waals surface area contributed by atoms with Gasteiger partial charge in [-0.25, -0.2) is 8.42 Å². The van der Waals surface area contributed by atoms with E-state index in [1.807, 2.05) is 24.3 Å². The van der Waals surface area contributed by atoms with Crippen molar-refractivity contribution in [1.29, 1.82) is 0 Å². The SMILES string of the molecule is CN=C(NCCS(=O)(=O)N1CCc2ccccc21)NCC1(CCOC)CCC1. The standard InChI is InChI=1S/C20H32N4O3S/c1-21-19(23-16-20(9-5-10-20)11-14-27-2)22-12-15-28(25,26)24-13-8-17-6-3-4-7-18(17)24/h3-4,6-7H,5,8-16H2,1-2H3,(H2,21,22,23). The third-order valence-corrected chi connectivity index (χ3v) is 7.71. The molecule has 1 aromatic carbocycles. The highest BCUT2D eigenvalue weighted by molar-refractivity contribution is 7.92. The van der Waals surface area contributed by atoms with E-state index in [9.17, 15) is 8.42 Å². The quantitative estimate of drug-likeness (QED) is 0.480. The van der Waals surface area contributed by atoms with Crippen molar-refractivity contribution in [3.05, 3.63) is 29.8 Å². The lowest BCUT2D eigenvalue weighted by atomic mass is 9.67. The fraction of sp³-hybridized carbons (Fsp3) is 0.650. The van der Waals surface area contributed by atoms with Crippen molar-refractivity contribution in [3.8, 4) is 0 Å². The molecule has 0 bridgehead atoms. The number of aliphatic imine (C=N–C) groups is 1. The zero-order chi connectivity index (χ0) is 20.0. The van der Waals surface area contributed by atoms with Crippen LogP contribution in [0.1, 0.15) is 31.2 Å². The number of methoxy groups -OCH3 is 1. The van der Waals surface area contributed by atoms with Gasteiger partial charge in [0.2, 0.25) is 10.0 Å². The molecule has 1 saturated carbocycles. The molecule has 28 heavy (non-hydrogen) atoms. The number of guanidine groups is 1. The maximum atomic E-state index is 12.8. The molecule has 0 amide bonds. The first-order valence-corrected chi connectivity index (χ1v) is 11.6. The first-order valence-electron chi connectivity index (χ1n) is 10.0. The fourth-order valence-corrected chi connectivity index (χ4v) is 5.44. The first kappa shape index (κ1) is 20.9. The van der Waals surface area contributed by atoms with Crippen molar-refractivity contribution in [2.45, 2.75) is 32.1 Å². The van der Waals surface area contributed by atoms with Crippen LogP contribution in [0.15, 0.2) is 29.3 Å². The van der Waals surface area contributed by atoms with Crippen molar-refractivity contribution in [2.75, 3.05) is 50.5 Å². The number of hydrogen-bond donors (Lipinski definition) is 2. The normalized spacial score (nSPS) is 18.5. The van der Waals surface area contributed by atoms with Crippen molar-refractivity contribution in [3.63, 3.8) is 0 Å². The molecule has 1 aromatic rings. The number of nitrogens with zero attached hydrogens (tertiary/aromatic N) is 2. The van der Waals surface area contributed by atoms with Crippen molar-refractivity contribution >= 4 is 21.7 Å². The van der Waals surface area contributed by atoms with Gasteiger partial charge in [0.25, 0.3) is 0 Å². The summed E-state index contributed by atoms with van der Waals surface area (Å²) in [5.74, 6) is 0.692. The third kappa shape index (κ3) is 4.78. The zero-order valence-corrected chi connectivity index (χ0v) is 17.7. The molecule has 0 aromatic heterocycles. The second kappa shape index (κ2) is 9.13. The monoisotopic (exact) mass is 408 g/mol. The smallest absolute Gasteiger partial charge is 0.236 e. The van der Waals surface area contributed by atoms with Crippen LogP contribution in [0.5, 0.6) is 0 Å². The maximum Gasteiger partial charge on any atom is 0.236 e. The van der Waals surface area contributed by atoms with Gasteiger partial charge in [-0.2, -0.15) is 0 Å². The minimum atomic E-state index is -3.35. The number of rotatable bonds is 9. The van der Waals surface area contributed by atoms with E-state index in [-0.39, 0.29) is 11.2 Å². The molecule has 1 aliphatic carbocycles. The Hall–Kier alpha value is -1.80. The summed E-state index contributed by atoms with van der Waals surface area (Å²) in [4.78, 5) is 4.24. The Labute approximate surface area is 168 Å². The molecule has 1 fully saturated rings. The van der Waals surface area contributed by atoms with Gasteiger partial charge in [0.15, 0.2) is 5.96 Å². The molecule has 0 saturated heterocycles. The molecule has 0 radical (unpaired) electrons. The van der Waals surface area contributed by atoms with E-state index in [1.165, 1.54) is 23.6 Å². The molecule has 1 aliphatic heterocycles. The number of hydrogen-bond acceptors (Lipinski definition) is 4. The van der Waals surface area contributed by atoms with Crippen LogP contribution in [-0.4, -0.2) is 60.5 Å². The van der Waals surface area contributed by atoms with Crippen LogP contribution < -0.4 is 14.9 Å². The van der Waals surface area contributed by atoms with Gasteiger partial charge in [0.1, 0.15) is 0 Å². The summed E-state index contributed by atoms with van der Waals surface area (Å²) >= 11 is 0. The van der Waals surface area contributed by atoms with Gasteiger partial charge in [-0.3, -0.25) is 9.30 Å². The summed E-state index contributed by atoms with van der Waals surface area (Å²) in [6.45, 7) is 2.45. The average Bonchev–Trinajstić information content (AvgIpc) is 3.10. The van der Waals surface area contributed by atoms with Crippen molar-refractivity contribution in [1.82, 2.24) is 10.6 Å². The molecule has 7 nitrogen and oxygen atoms in total. The number of ether oxygens (including phenoxy) is 1. The van der Waals surface area contributed by atoms with E-state index in [2.05, 4.69) is 15.6 Å². The number of sulfonamides is 1. The van der Waals surface area contributed by atoms with Crippen LogP contribution in [0.2, 0.25) is 0 Å². The lowest BCUT2D eigenvalue weighted by Crippen LogP contribution is -2.48. The van der Waals surface area contributed by atoms with Crippen LogP contribution in [0.3, 0.4) is 0 Å². The molecule has 3 rings (SSSR count). The summed E-state index contributed by atoms with van der Waals surface area (Å²) < 4.78 is 32.3. The van der Waals surface area contributed by atoms with E-state index in [0.29, 0.717) is 19.0 Å². The molecule has 2 N–H and O–H groups in total. The highest BCUT2D eigenvalue weighted by atomic mass is 32.2. The van der Waals surface area contributed by atoms with E-state index in [0.717, 1.165) is 37.2 Å². The maximum absolute atomic E-state index is 12.8. The summed E-state index contributed by atoms with van der Waals surface area (Å²) in [7, 11) is 0.0925. The Morgan fingerprint density at radius 2 is 2.07 bits per heavy atom. The van der Waals surface area contributed by atoms with E-state index in [1.54, 1.807) is 14.2 Å². The Kier molecular flexibility index (Phi) is 6.82. The van der Waals surface area contributed by atoms with Crippen molar-refractivity contribution in [2.24, 2.45) is 10.4 Å². The van der Waals surface area contributed by atoms with Crippen LogP contribution in [0.25, 0.3) is 0 Å². The van der Waals surface area contributed by atoms with Crippen LogP contribution >= 0.6 is 0 Å². The Balaban J connectivity index is 1.48. The molecule has 0 atom stereocenters. The lowest BCUT2D eigenvalue weighted by molar-refractivity contribution is 0.0733. The largest absolute Gasteiger partial charge is 0.385 e. The van der Waals surface area contributed by atoms with Gasteiger partial charge in [0.05, 0.1) is 11.4 Å². The Bertz CT molecular complexity index is 790.